The first kappa shape index (κ1) is 27.7. The summed E-state index contributed by atoms with van der Waals surface area (Å²) in [6.07, 6.45) is 0. The molecule has 3 aliphatic rings. The lowest BCUT2D eigenvalue weighted by Crippen LogP contribution is -2.40. The maximum Gasteiger partial charge on any atom is 0.111 e. The van der Waals surface area contributed by atoms with Gasteiger partial charge in [-0.15, -0.1) is 0 Å². The normalized spacial score (nSPS) is 16.3. The first-order chi connectivity index (χ1) is 24.3. The molecule has 4 nitrogen and oxygen atoms in total. The van der Waals surface area contributed by atoms with Gasteiger partial charge in [0.1, 0.15) is 11.5 Å². The highest BCUT2D eigenvalue weighted by molar-refractivity contribution is 6.18. The Kier molecular flexibility index (Phi) is 6.12. The molecule has 0 saturated heterocycles. The minimum atomic E-state index is -0.742. The molecule has 10 rings (SSSR count). The molecule has 1 atom stereocenters. The van der Waals surface area contributed by atoms with Crippen LogP contribution in [0.1, 0.15) is 39.7 Å². The van der Waals surface area contributed by atoms with Crippen LogP contribution in [0.15, 0.2) is 175 Å². The molecule has 0 amide bonds. The van der Waals surface area contributed by atoms with Crippen LogP contribution in [0.3, 0.4) is 0 Å². The Labute approximate surface area is 285 Å². The zero-order valence-corrected chi connectivity index (χ0v) is 26.6. The third kappa shape index (κ3) is 4.01. The van der Waals surface area contributed by atoms with Crippen molar-refractivity contribution in [3.05, 3.63) is 203 Å². The van der Waals surface area contributed by atoms with Crippen LogP contribution in [-0.2, 0) is 5.41 Å². The molecule has 1 aromatic heterocycles. The van der Waals surface area contributed by atoms with Crippen LogP contribution in [0.5, 0.6) is 0 Å². The monoisotopic (exact) mass is 626 g/mol. The zero-order chi connectivity index (χ0) is 32.4. The number of benzene rings is 6. The van der Waals surface area contributed by atoms with Gasteiger partial charge in [0.15, 0.2) is 0 Å². The van der Waals surface area contributed by atoms with Crippen molar-refractivity contribution in [3.8, 4) is 33.6 Å². The molecule has 2 heterocycles. The fourth-order valence-electron chi connectivity index (χ4n) is 8.06. The summed E-state index contributed by atoms with van der Waals surface area (Å²) in [5.41, 5.74) is 14.7. The minimum absolute atomic E-state index is 0.309. The number of nitrogens with zero attached hydrogens (tertiary/aromatic N) is 3. The lowest BCUT2D eigenvalue weighted by molar-refractivity contribution is 0.775. The predicted octanol–water partition coefficient (Wildman–Crippen LogP) is 9.75. The third-order valence-electron chi connectivity index (χ3n) is 10.1. The molecule has 0 saturated carbocycles. The van der Waals surface area contributed by atoms with Gasteiger partial charge in [-0.1, -0.05) is 170 Å². The SMILES string of the molecule is c1ccc(C2=C(c3ccccc3)NC3C(=N2)C2(c4ccccc4-c4ccccc42)c2nc(-c4ccccc4)c(-c4ccccc4)nc23)cc1. The van der Waals surface area contributed by atoms with E-state index < -0.39 is 5.41 Å². The highest BCUT2D eigenvalue weighted by Gasteiger charge is 2.60. The molecule has 6 aromatic carbocycles. The number of fused-ring (bicyclic) bond motifs is 10. The fourth-order valence-corrected chi connectivity index (χ4v) is 8.06. The highest BCUT2D eigenvalue weighted by Crippen LogP contribution is 2.60. The molecule has 0 bridgehead atoms. The van der Waals surface area contributed by atoms with Gasteiger partial charge < -0.3 is 5.32 Å². The second kappa shape index (κ2) is 10.8. The van der Waals surface area contributed by atoms with Gasteiger partial charge in [0.25, 0.3) is 0 Å². The van der Waals surface area contributed by atoms with E-state index in [2.05, 4.69) is 163 Å². The van der Waals surface area contributed by atoms with Gasteiger partial charge in [-0.2, -0.15) is 0 Å². The molecule has 230 valence electrons. The molecule has 1 aliphatic heterocycles. The average molecular weight is 627 g/mol. The molecule has 49 heavy (non-hydrogen) atoms. The molecule has 1 N–H and O–H groups in total. The number of aromatic nitrogens is 2. The molecule has 1 spiro atoms. The van der Waals surface area contributed by atoms with E-state index >= 15 is 0 Å². The summed E-state index contributed by atoms with van der Waals surface area (Å²) in [7, 11) is 0. The van der Waals surface area contributed by atoms with Crippen LogP contribution in [0.25, 0.3) is 45.0 Å². The van der Waals surface area contributed by atoms with Crippen LogP contribution >= 0.6 is 0 Å². The van der Waals surface area contributed by atoms with Gasteiger partial charge in [0.2, 0.25) is 0 Å². The minimum Gasteiger partial charge on any atom is -0.369 e. The van der Waals surface area contributed by atoms with Crippen LogP contribution in [0.2, 0.25) is 0 Å². The molecule has 4 heteroatoms. The van der Waals surface area contributed by atoms with Gasteiger partial charge in [0, 0.05) is 16.7 Å². The van der Waals surface area contributed by atoms with Gasteiger partial charge in [-0.3, -0.25) is 4.99 Å². The summed E-state index contributed by atoms with van der Waals surface area (Å²) in [5, 5.41) is 4.03. The van der Waals surface area contributed by atoms with Gasteiger partial charge in [-0.25, -0.2) is 9.97 Å². The quantitative estimate of drug-likeness (QED) is 0.212. The molecule has 0 radical (unpaired) electrons. The van der Waals surface area contributed by atoms with E-state index in [0.717, 1.165) is 62.1 Å². The van der Waals surface area contributed by atoms with Crippen LogP contribution in [-0.4, -0.2) is 15.7 Å². The highest BCUT2D eigenvalue weighted by atomic mass is 15.1. The summed E-state index contributed by atoms with van der Waals surface area (Å²) >= 11 is 0. The fraction of sp³-hybridized carbons (Fsp3) is 0.0444. The number of rotatable bonds is 4. The Bertz CT molecular complexity index is 2400. The Morgan fingerprint density at radius 2 is 0.898 bits per heavy atom. The number of hydrogen-bond donors (Lipinski definition) is 1. The molecule has 1 unspecified atom stereocenters. The van der Waals surface area contributed by atoms with Crippen molar-refractivity contribution in [1.82, 2.24) is 15.3 Å². The molecule has 7 aromatic rings. The zero-order valence-electron chi connectivity index (χ0n) is 26.6. The van der Waals surface area contributed by atoms with E-state index in [-0.39, 0.29) is 6.04 Å². The molecule has 2 aliphatic carbocycles. The lowest BCUT2D eigenvalue weighted by atomic mass is 9.73. The smallest absolute Gasteiger partial charge is 0.111 e. The van der Waals surface area contributed by atoms with Gasteiger partial charge in [0.05, 0.1) is 39.9 Å². The van der Waals surface area contributed by atoms with Gasteiger partial charge >= 0.3 is 0 Å². The number of hydrogen-bond acceptors (Lipinski definition) is 4. The topological polar surface area (TPSA) is 50.2 Å². The van der Waals surface area contributed by atoms with E-state index in [9.17, 15) is 0 Å². The maximum absolute atomic E-state index is 5.78. The Morgan fingerprint density at radius 1 is 0.449 bits per heavy atom. The summed E-state index contributed by atoms with van der Waals surface area (Å²) < 4.78 is 0. The van der Waals surface area contributed by atoms with Crippen molar-refractivity contribution in [3.63, 3.8) is 0 Å². The number of aliphatic imine (C=N–C) groups is 1. The van der Waals surface area contributed by atoms with Crippen molar-refractivity contribution in [2.24, 2.45) is 4.99 Å². The Morgan fingerprint density at radius 3 is 1.45 bits per heavy atom. The van der Waals surface area contributed by atoms with Crippen LogP contribution in [0, 0.1) is 0 Å². The summed E-state index contributed by atoms with van der Waals surface area (Å²) in [6, 6.07) is 59.1. The van der Waals surface area contributed by atoms with E-state index in [1.807, 2.05) is 12.1 Å². The van der Waals surface area contributed by atoms with Crippen molar-refractivity contribution < 1.29 is 0 Å². The van der Waals surface area contributed by atoms with E-state index in [1.54, 1.807) is 0 Å². The van der Waals surface area contributed by atoms with Crippen molar-refractivity contribution >= 4 is 17.1 Å². The average Bonchev–Trinajstić information content (AvgIpc) is 3.64. The molecular formula is C45H30N4. The van der Waals surface area contributed by atoms with Gasteiger partial charge in [-0.05, 0) is 27.8 Å². The maximum atomic E-state index is 5.78. The second-order valence-electron chi connectivity index (χ2n) is 12.8. The van der Waals surface area contributed by atoms with Crippen molar-refractivity contribution in [1.29, 1.82) is 0 Å². The third-order valence-corrected chi connectivity index (χ3v) is 10.1. The van der Waals surface area contributed by atoms with Crippen LogP contribution < -0.4 is 5.32 Å². The summed E-state index contributed by atoms with van der Waals surface area (Å²) in [6.45, 7) is 0. The second-order valence-corrected chi connectivity index (χ2v) is 12.8. The Hall–Kier alpha value is -6.39. The standard InChI is InChI=1S/C45H30N4/c1-5-17-29(18-6-1)37-39(31-21-9-3-10-22-31)48-43-41(46-37)42-44(45(43)35-27-15-13-25-33(35)34-26-14-16-28-36(34)45)49-40(32-23-11-4-12-24-32)38(47-42)30-19-7-2-8-20-30/h1-28,41,46H. The summed E-state index contributed by atoms with van der Waals surface area (Å²) in [5.74, 6) is 0. The van der Waals surface area contributed by atoms with E-state index in [1.165, 1.54) is 22.3 Å². The molecular weight excluding hydrogens is 597 g/mol. The van der Waals surface area contributed by atoms with Crippen molar-refractivity contribution in [2.75, 3.05) is 0 Å². The molecule has 0 fully saturated rings. The Balaban J connectivity index is 1.35. The van der Waals surface area contributed by atoms with E-state index in [4.69, 9.17) is 15.0 Å². The predicted molar refractivity (Wildman–Crippen MR) is 198 cm³/mol. The first-order valence-corrected chi connectivity index (χ1v) is 16.8. The lowest BCUT2D eigenvalue weighted by Gasteiger charge is -2.33. The van der Waals surface area contributed by atoms with E-state index in [0.29, 0.717) is 0 Å². The largest absolute Gasteiger partial charge is 0.369 e. The van der Waals surface area contributed by atoms with Crippen molar-refractivity contribution in [2.45, 2.75) is 11.5 Å². The summed E-state index contributed by atoms with van der Waals surface area (Å²) in [4.78, 5) is 17.2. The first-order valence-electron chi connectivity index (χ1n) is 16.8. The number of nitrogens with one attached hydrogen (secondary N) is 1. The van der Waals surface area contributed by atoms with Crippen LogP contribution in [0.4, 0.5) is 0 Å².